The van der Waals surface area contributed by atoms with Gasteiger partial charge in [0.15, 0.2) is 0 Å². The summed E-state index contributed by atoms with van der Waals surface area (Å²) in [7, 11) is 0. The molecule has 0 radical (unpaired) electrons. The third kappa shape index (κ3) is 5.30. The molecular formula is C17H14F4N2O2. The van der Waals surface area contributed by atoms with Crippen molar-refractivity contribution in [3.05, 3.63) is 65.0 Å². The van der Waals surface area contributed by atoms with Crippen LogP contribution in [0.25, 0.3) is 0 Å². The summed E-state index contributed by atoms with van der Waals surface area (Å²) in [4.78, 5) is 16.4. The smallest absolute Gasteiger partial charge is 0.391 e. The van der Waals surface area contributed by atoms with E-state index in [1.54, 1.807) is 6.92 Å². The first-order chi connectivity index (χ1) is 11.8. The number of alkyl halides is 3. The molecule has 25 heavy (non-hydrogen) atoms. The molecule has 0 atom stereocenters. The van der Waals surface area contributed by atoms with E-state index in [1.807, 2.05) is 0 Å². The molecule has 0 unspecified atom stereocenters. The van der Waals surface area contributed by atoms with Crippen molar-refractivity contribution in [2.24, 2.45) is 5.16 Å². The first kappa shape index (κ1) is 18.4. The highest BCUT2D eigenvalue weighted by atomic mass is 19.4. The molecule has 0 aliphatic rings. The number of hydrogen-bond donors (Lipinski definition) is 1. The highest BCUT2D eigenvalue weighted by Gasteiger charge is 2.32. The van der Waals surface area contributed by atoms with Gasteiger partial charge < -0.3 is 10.2 Å². The lowest BCUT2D eigenvalue weighted by Gasteiger charge is -2.11. The number of aryl methyl sites for hydroxylation is 1. The second kappa shape index (κ2) is 7.78. The van der Waals surface area contributed by atoms with Gasteiger partial charge in [-0.1, -0.05) is 29.4 Å². The van der Waals surface area contributed by atoms with Crippen molar-refractivity contribution in [1.29, 1.82) is 0 Å². The van der Waals surface area contributed by atoms with Crippen LogP contribution >= 0.6 is 0 Å². The van der Waals surface area contributed by atoms with Crippen molar-refractivity contribution >= 4 is 17.8 Å². The van der Waals surface area contributed by atoms with E-state index in [2.05, 4.69) is 10.5 Å². The first-order valence-corrected chi connectivity index (χ1v) is 7.15. The number of halogens is 4. The van der Waals surface area contributed by atoms with Gasteiger partial charge in [-0.05, 0) is 30.7 Å². The number of carbonyl (C=O) groups excluding carboxylic acids is 1. The number of oxime groups is 1. The zero-order valence-corrected chi connectivity index (χ0v) is 13.1. The van der Waals surface area contributed by atoms with Crippen LogP contribution in [-0.4, -0.2) is 12.1 Å². The Morgan fingerprint density at radius 3 is 2.68 bits per heavy atom. The van der Waals surface area contributed by atoms with Gasteiger partial charge in [-0.2, -0.15) is 13.2 Å². The quantitative estimate of drug-likeness (QED) is 0.495. The van der Waals surface area contributed by atoms with Crippen LogP contribution in [0, 0.1) is 12.7 Å². The minimum Gasteiger partial charge on any atom is -0.391 e. The number of hydrogen-bond acceptors (Lipinski definition) is 3. The van der Waals surface area contributed by atoms with Crippen LogP contribution in [0.15, 0.2) is 47.6 Å². The molecule has 0 spiro atoms. The number of benzene rings is 2. The average molecular weight is 354 g/mol. The fraction of sp³-hybridized carbons (Fsp3) is 0.176. The summed E-state index contributed by atoms with van der Waals surface area (Å²) in [6, 6.07) is 8.78. The molecule has 2 aromatic rings. The van der Waals surface area contributed by atoms with Crippen LogP contribution in [0.4, 0.5) is 23.2 Å². The molecule has 0 aliphatic heterocycles. The number of carbonyl (C=O) groups is 1. The van der Waals surface area contributed by atoms with Gasteiger partial charge in [-0.25, -0.2) is 4.39 Å². The van der Waals surface area contributed by atoms with Crippen LogP contribution in [0.5, 0.6) is 0 Å². The van der Waals surface area contributed by atoms with E-state index in [-0.39, 0.29) is 11.3 Å². The lowest BCUT2D eigenvalue weighted by Crippen LogP contribution is -2.14. The van der Waals surface area contributed by atoms with Crippen molar-refractivity contribution in [2.75, 3.05) is 5.32 Å². The number of amides is 1. The lowest BCUT2D eigenvalue weighted by atomic mass is 10.1. The Balaban J connectivity index is 1.94. The molecule has 1 amide bonds. The summed E-state index contributed by atoms with van der Waals surface area (Å²) in [6.45, 7) is 1.23. The van der Waals surface area contributed by atoms with Gasteiger partial charge in [0, 0.05) is 11.3 Å². The standard InChI is InChI=1S/C17H14F4N2O2/c1-11-6-7-13(18)8-15(11)23-16(24)9-22-25-10-12-4-2-3-5-14(12)17(19,20)21/h2-9H,10H2,1H3,(H,23,24)/b22-9+. The second-order valence-electron chi connectivity index (χ2n) is 5.11. The topological polar surface area (TPSA) is 50.7 Å². The van der Waals surface area contributed by atoms with E-state index < -0.39 is 30.1 Å². The molecule has 0 fully saturated rings. The van der Waals surface area contributed by atoms with Crippen LogP contribution in [0.3, 0.4) is 0 Å². The zero-order chi connectivity index (χ0) is 18.4. The molecule has 4 nitrogen and oxygen atoms in total. The third-order valence-electron chi connectivity index (χ3n) is 3.24. The summed E-state index contributed by atoms with van der Waals surface area (Å²) in [5.74, 6) is -1.21. The maximum Gasteiger partial charge on any atom is 0.416 e. The van der Waals surface area contributed by atoms with E-state index >= 15 is 0 Å². The van der Waals surface area contributed by atoms with E-state index in [0.29, 0.717) is 5.56 Å². The Morgan fingerprint density at radius 2 is 1.96 bits per heavy atom. The second-order valence-corrected chi connectivity index (χ2v) is 5.11. The fourth-order valence-electron chi connectivity index (χ4n) is 2.01. The molecule has 132 valence electrons. The van der Waals surface area contributed by atoms with Gasteiger partial charge in [-0.15, -0.1) is 0 Å². The molecular weight excluding hydrogens is 340 g/mol. The van der Waals surface area contributed by atoms with Gasteiger partial charge in [0.2, 0.25) is 0 Å². The molecule has 2 rings (SSSR count). The maximum absolute atomic E-state index is 13.1. The van der Waals surface area contributed by atoms with Crippen LogP contribution in [-0.2, 0) is 22.4 Å². The molecule has 0 saturated carbocycles. The number of nitrogens with one attached hydrogen (secondary N) is 1. The predicted octanol–water partition coefficient (Wildman–Crippen LogP) is 4.29. The highest BCUT2D eigenvalue weighted by molar-refractivity contribution is 6.31. The van der Waals surface area contributed by atoms with E-state index in [0.717, 1.165) is 18.3 Å². The number of anilines is 1. The van der Waals surface area contributed by atoms with Crippen molar-refractivity contribution in [2.45, 2.75) is 19.7 Å². The average Bonchev–Trinajstić information content (AvgIpc) is 2.54. The molecule has 0 heterocycles. The Morgan fingerprint density at radius 1 is 1.24 bits per heavy atom. The molecule has 1 N–H and O–H groups in total. The van der Waals surface area contributed by atoms with Crippen LogP contribution in [0.1, 0.15) is 16.7 Å². The molecule has 0 bridgehead atoms. The van der Waals surface area contributed by atoms with Crippen molar-refractivity contribution < 1.29 is 27.2 Å². The molecule has 0 aromatic heterocycles. The predicted molar refractivity (Wildman–Crippen MR) is 84.5 cm³/mol. The molecule has 0 saturated heterocycles. The zero-order valence-electron chi connectivity index (χ0n) is 13.1. The highest BCUT2D eigenvalue weighted by Crippen LogP contribution is 2.32. The van der Waals surface area contributed by atoms with Gasteiger partial charge >= 0.3 is 6.18 Å². The summed E-state index contributed by atoms with van der Waals surface area (Å²) in [6.07, 6.45) is -3.74. The Labute approximate surface area is 141 Å². The molecule has 2 aromatic carbocycles. The molecule has 0 aliphatic carbocycles. The monoisotopic (exact) mass is 354 g/mol. The Bertz CT molecular complexity index is 788. The van der Waals surface area contributed by atoms with Crippen molar-refractivity contribution in [3.63, 3.8) is 0 Å². The van der Waals surface area contributed by atoms with E-state index in [4.69, 9.17) is 4.84 Å². The Kier molecular flexibility index (Phi) is 5.74. The van der Waals surface area contributed by atoms with Crippen molar-refractivity contribution in [1.82, 2.24) is 0 Å². The normalized spacial score (nSPS) is 11.6. The first-order valence-electron chi connectivity index (χ1n) is 7.15. The van der Waals surface area contributed by atoms with E-state index in [1.165, 1.54) is 30.3 Å². The summed E-state index contributed by atoms with van der Waals surface area (Å²) in [5.41, 5.74) is -0.0272. The van der Waals surface area contributed by atoms with Crippen molar-refractivity contribution in [3.8, 4) is 0 Å². The maximum atomic E-state index is 13.1. The summed E-state index contributed by atoms with van der Waals surface area (Å²) in [5, 5.41) is 5.74. The van der Waals surface area contributed by atoms with Gasteiger partial charge in [-0.3, -0.25) is 4.79 Å². The Hall–Kier alpha value is -2.90. The minimum absolute atomic E-state index is 0.103. The summed E-state index contributed by atoms with van der Waals surface area (Å²) >= 11 is 0. The number of nitrogens with zero attached hydrogens (tertiary/aromatic N) is 1. The SMILES string of the molecule is Cc1ccc(F)cc1NC(=O)/C=N/OCc1ccccc1C(F)(F)F. The van der Waals surface area contributed by atoms with Crippen LogP contribution < -0.4 is 5.32 Å². The van der Waals surface area contributed by atoms with Gasteiger partial charge in [0.1, 0.15) is 18.6 Å². The fourth-order valence-corrected chi connectivity index (χ4v) is 2.01. The minimum atomic E-state index is -4.50. The van der Waals surface area contributed by atoms with Gasteiger partial charge in [0.25, 0.3) is 5.91 Å². The van der Waals surface area contributed by atoms with Gasteiger partial charge in [0.05, 0.1) is 5.56 Å². The largest absolute Gasteiger partial charge is 0.416 e. The number of rotatable bonds is 5. The summed E-state index contributed by atoms with van der Waals surface area (Å²) < 4.78 is 51.6. The molecule has 8 heteroatoms. The third-order valence-corrected chi connectivity index (χ3v) is 3.24. The lowest BCUT2D eigenvalue weighted by molar-refractivity contribution is -0.138. The van der Waals surface area contributed by atoms with E-state index in [9.17, 15) is 22.4 Å². The van der Waals surface area contributed by atoms with Crippen LogP contribution in [0.2, 0.25) is 0 Å².